The molecule has 23 heavy (non-hydrogen) atoms. The van der Waals surface area contributed by atoms with Crippen LogP contribution in [0.15, 0.2) is 0 Å². The van der Waals surface area contributed by atoms with Gasteiger partial charge in [-0.1, -0.05) is 0 Å². The molecule has 0 N–H and O–H groups in total. The van der Waals surface area contributed by atoms with Gasteiger partial charge in [-0.15, -0.1) is 11.8 Å². The molecule has 0 amide bonds. The highest BCUT2D eigenvalue weighted by molar-refractivity contribution is 8.01. The minimum absolute atomic E-state index is 0.0447. The molecule has 2 saturated heterocycles. The van der Waals surface area contributed by atoms with Crippen LogP contribution in [0.4, 0.5) is 0 Å². The number of carbonyl (C=O) groups is 2. The van der Waals surface area contributed by atoms with E-state index in [1.165, 1.54) is 12.8 Å². The Kier molecular flexibility index (Phi) is 5.80. The fraction of sp³-hybridized carbons (Fsp3) is 0.882. The van der Waals surface area contributed by atoms with Gasteiger partial charge in [0.2, 0.25) is 0 Å². The average molecular weight is 343 g/mol. The lowest BCUT2D eigenvalue weighted by Crippen LogP contribution is -2.44. The Bertz CT molecular complexity index is 453. The summed E-state index contributed by atoms with van der Waals surface area (Å²) in [5, 5.41) is 0.334. The molecule has 132 valence electrons. The topological polar surface area (TPSA) is 49.9 Å². The molecule has 6 heteroatoms. The van der Waals surface area contributed by atoms with Crippen LogP contribution in [0, 0.1) is 0 Å². The van der Waals surface area contributed by atoms with Gasteiger partial charge in [-0.3, -0.25) is 14.5 Å². The van der Waals surface area contributed by atoms with E-state index < -0.39 is 11.6 Å². The van der Waals surface area contributed by atoms with Crippen molar-refractivity contribution in [3.63, 3.8) is 0 Å². The second-order valence-electron chi connectivity index (χ2n) is 7.91. The fourth-order valence-corrected chi connectivity index (χ4v) is 4.96. The van der Waals surface area contributed by atoms with Crippen LogP contribution >= 0.6 is 11.8 Å². The van der Waals surface area contributed by atoms with E-state index in [1.807, 2.05) is 32.5 Å². The lowest BCUT2D eigenvalue weighted by Gasteiger charge is -2.36. The summed E-state index contributed by atoms with van der Waals surface area (Å²) in [5.74, 6) is -0.465. The summed E-state index contributed by atoms with van der Waals surface area (Å²) in [6.45, 7) is 11.2. The van der Waals surface area contributed by atoms with Crippen molar-refractivity contribution in [2.45, 2.75) is 62.7 Å². The second kappa shape index (κ2) is 7.11. The first-order chi connectivity index (χ1) is 10.6. The SMILES string of the molecule is C[C@H]1SC2(CCN(C)CC2)CN1CC(=O)CC(=O)OC(C)(C)C. The van der Waals surface area contributed by atoms with Crippen LogP contribution < -0.4 is 0 Å². The number of Topliss-reactive ketones (excluding diaryl/α,β-unsaturated/α-hetero) is 1. The molecule has 0 aromatic rings. The van der Waals surface area contributed by atoms with E-state index in [4.69, 9.17) is 4.74 Å². The van der Waals surface area contributed by atoms with Gasteiger partial charge in [-0.25, -0.2) is 0 Å². The maximum Gasteiger partial charge on any atom is 0.313 e. The molecule has 2 aliphatic heterocycles. The van der Waals surface area contributed by atoms with E-state index in [2.05, 4.69) is 23.8 Å². The van der Waals surface area contributed by atoms with Crippen molar-refractivity contribution in [2.75, 3.05) is 33.2 Å². The molecule has 2 aliphatic rings. The number of ketones is 1. The van der Waals surface area contributed by atoms with E-state index in [0.29, 0.717) is 11.9 Å². The van der Waals surface area contributed by atoms with Crippen LogP contribution in [-0.4, -0.2) is 70.5 Å². The molecule has 2 heterocycles. The van der Waals surface area contributed by atoms with Crippen molar-refractivity contribution < 1.29 is 14.3 Å². The van der Waals surface area contributed by atoms with E-state index in [1.54, 1.807) is 0 Å². The molecule has 2 fully saturated rings. The average Bonchev–Trinajstić information content (AvgIpc) is 2.67. The summed E-state index contributed by atoms with van der Waals surface area (Å²) in [6.07, 6.45) is 2.23. The van der Waals surface area contributed by atoms with Crippen LogP contribution in [0.3, 0.4) is 0 Å². The van der Waals surface area contributed by atoms with Crippen molar-refractivity contribution in [1.82, 2.24) is 9.80 Å². The Morgan fingerprint density at radius 1 is 1.26 bits per heavy atom. The van der Waals surface area contributed by atoms with Gasteiger partial charge in [0, 0.05) is 11.3 Å². The normalized spacial score (nSPS) is 25.7. The molecule has 0 aromatic heterocycles. The Hall–Kier alpha value is -0.590. The molecule has 0 aromatic carbocycles. The van der Waals surface area contributed by atoms with Gasteiger partial charge in [-0.05, 0) is 60.7 Å². The zero-order valence-corrected chi connectivity index (χ0v) is 15.9. The predicted molar refractivity (Wildman–Crippen MR) is 93.6 cm³/mol. The van der Waals surface area contributed by atoms with Crippen LogP contribution in [0.5, 0.6) is 0 Å². The molecule has 0 unspecified atom stereocenters. The van der Waals surface area contributed by atoms with E-state index in [0.717, 1.165) is 19.6 Å². The number of hydrogen-bond donors (Lipinski definition) is 0. The molecule has 0 bridgehead atoms. The van der Waals surface area contributed by atoms with E-state index >= 15 is 0 Å². The number of carbonyl (C=O) groups excluding carboxylic acids is 2. The van der Waals surface area contributed by atoms with Gasteiger partial charge in [0.05, 0.1) is 11.9 Å². The van der Waals surface area contributed by atoms with Crippen LogP contribution in [0.1, 0.15) is 47.0 Å². The number of likely N-dealkylation sites (tertiary alicyclic amines) is 1. The summed E-state index contributed by atoms with van der Waals surface area (Å²) in [7, 11) is 2.16. The minimum Gasteiger partial charge on any atom is -0.460 e. The third-order valence-corrected chi connectivity index (χ3v) is 6.14. The lowest BCUT2D eigenvalue weighted by molar-refractivity contribution is -0.156. The minimum atomic E-state index is -0.535. The molecule has 2 rings (SSSR count). The molecule has 0 radical (unpaired) electrons. The summed E-state index contributed by atoms with van der Waals surface area (Å²) in [6, 6.07) is 0. The van der Waals surface area contributed by atoms with Gasteiger partial charge in [0.15, 0.2) is 5.78 Å². The zero-order chi connectivity index (χ0) is 17.3. The van der Waals surface area contributed by atoms with E-state index in [9.17, 15) is 9.59 Å². The highest BCUT2D eigenvalue weighted by Crippen LogP contribution is 2.45. The largest absolute Gasteiger partial charge is 0.460 e. The number of piperidine rings is 1. The molecular formula is C17H30N2O3S. The summed E-state index contributed by atoms with van der Waals surface area (Å²) in [5.41, 5.74) is -0.535. The van der Waals surface area contributed by atoms with Crippen molar-refractivity contribution in [2.24, 2.45) is 0 Å². The van der Waals surface area contributed by atoms with Gasteiger partial charge in [-0.2, -0.15) is 0 Å². The number of esters is 1. The molecule has 1 atom stereocenters. The maximum absolute atomic E-state index is 12.2. The summed E-state index contributed by atoms with van der Waals surface area (Å²) < 4.78 is 5.52. The predicted octanol–water partition coefficient (Wildman–Crippen LogP) is 2.15. The third-order valence-electron chi connectivity index (χ3n) is 4.47. The lowest BCUT2D eigenvalue weighted by atomic mass is 9.95. The monoisotopic (exact) mass is 342 g/mol. The number of ether oxygens (including phenoxy) is 1. The van der Waals surface area contributed by atoms with Gasteiger partial charge >= 0.3 is 5.97 Å². The first kappa shape index (κ1) is 18.7. The third kappa shape index (κ3) is 5.47. The highest BCUT2D eigenvalue weighted by atomic mass is 32.2. The molecule has 5 nitrogen and oxygen atoms in total. The second-order valence-corrected chi connectivity index (χ2v) is 9.69. The summed E-state index contributed by atoms with van der Waals surface area (Å²) >= 11 is 2.00. The van der Waals surface area contributed by atoms with Crippen molar-refractivity contribution in [3.8, 4) is 0 Å². The standard InChI is InChI=1S/C17H30N2O3S/c1-13-19(11-14(20)10-15(21)22-16(2,3)4)12-17(23-13)6-8-18(5)9-7-17/h13H,6-12H2,1-5H3/t13-/m1/s1. The summed E-state index contributed by atoms with van der Waals surface area (Å²) in [4.78, 5) is 28.6. The quantitative estimate of drug-likeness (QED) is 0.576. The smallest absolute Gasteiger partial charge is 0.313 e. The van der Waals surface area contributed by atoms with Gasteiger partial charge < -0.3 is 9.64 Å². The number of rotatable bonds is 4. The molecule has 0 saturated carbocycles. The zero-order valence-electron chi connectivity index (χ0n) is 15.1. The van der Waals surface area contributed by atoms with Gasteiger partial charge in [0.25, 0.3) is 0 Å². The van der Waals surface area contributed by atoms with Crippen molar-refractivity contribution in [3.05, 3.63) is 0 Å². The van der Waals surface area contributed by atoms with E-state index in [-0.39, 0.29) is 17.0 Å². The van der Waals surface area contributed by atoms with Crippen molar-refractivity contribution >= 4 is 23.5 Å². The number of hydrogen-bond acceptors (Lipinski definition) is 6. The molecular weight excluding hydrogens is 312 g/mol. The van der Waals surface area contributed by atoms with Gasteiger partial charge in [0.1, 0.15) is 12.0 Å². The van der Waals surface area contributed by atoms with Crippen LogP contribution in [0.25, 0.3) is 0 Å². The van der Waals surface area contributed by atoms with Crippen molar-refractivity contribution in [1.29, 1.82) is 0 Å². The molecule has 0 aliphatic carbocycles. The Morgan fingerprint density at radius 2 is 1.87 bits per heavy atom. The first-order valence-corrected chi connectivity index (χ1v) is 9.30. The van der Waals surface area contributed by atoms with Crippen LogP contribution in [0.2, 0.25) is 0 Å². The highest BCUT2D eigenvalue weighted by Gasteiger charge is 2.44. The Labute approximate surface area is 144 Å². The van der Waals surface area contributed by atoms with Crippen LogP contribution in [-0.2, 0) is 14.3 Å². The molecule has 1 spiro atoms. The number of nitrogens with zero attached hydrogens (tertiary/aromatic N) is 2. The number of thioether (sulfide) groups is 1. The first-order valence-electron chi connectivity index (χ1n) is 8.43. The Morgan fingerprint density at radius 3 is 2.43 bits per heavy atom. The fourth-order valence-electron chi connectivity index (χ4n) is 3.28. The Balaban J connectivity index is 1.83. The maximum atomic E-state index is 12.2.